The molecular weight excluding hydrogens is 330 g/mol. The summed E-state index contributed by atoms with van der Waals surface area (Å²) < 4.78 is 0. The van der Waals surface area contributed by atoms with Crippen molar-refractivity contribution in [3.8, 4) is 0 Å². The number of amides is 2. The number of hydrogen-bond acceptors (Lipinski definition) is 3. The molecule has 0 spiro atoms. The topological polar surface area (TPSA) is 37.4 Å². The molecule has 2 aromatic carbocycles. The molecule has 3 rings (SSSR count). The molecular formula is C21H21NO2S. The molecule has 4 heteroatoms. The maximum absolute atomic E-state index is 13.2. The van der Waals surface area contributed by atoms with Crippen LogP contribution in [-0.4, -0.2) is 17.6 Å². The van der Waals surface area contributed by atoms with Gasteiger partial charge in [0.1, 0.15) is 0 Å². The highest BCUT2D eigenvalue weighted by molar-refractivity contribution is 8.04. The van der Waals surface area contributed by atoms with E-state index in [1.54, 1.807) is 0 Å². The van der Waals surface area contributed by atoms with E-state index in [1.165, 1.54) is 16.7 Å². The van der Waals surface area contributed by atoms with Crippen molar-refractivity contribution in [2.24, 2.45) is 0 Å². The molecule has 0 radical (unpaired) electrons. The molecule has 1 aliphatic rings. The van der Waals surface area contributed by atoms with Gasteiger partial charge in [-0.05, 0) is 43.7 Å². The van der Waals surface area contributed by atoms with Gasteiger partial charge in [-0.3, -0.25) is 9.59 Å². The van der Waals surface area contributed by atoms with Gasteiger partial charge in [0.15, 0.2) is 0 Å². The Morgan fingerprint density at radius 1 is 0.880 bits per heavy atom. The minimum absolute atomic E-state index is 0.223. The van der Waals surface area contributed by atoms with Gasteiger partial charge in [-0.2, -0.15) is 0 Å². The molecule has 128 valence electrons. The number of benzene rings is 2. The first kappa shape index (κ1) is 17.5. The number of hydrogen-bond donors (Lipinski definition) is 0. The summed E-state index contributed by atoms with van der Waals surface area (Å²) in [6.45, 7) is 7.92. The summed E-state index contributed by atoms with van der Waals surface area (Å²) in [6.07, 6.45) is 0. The van der Waals surface area contributed by atoms with Crippen LogP contribution < -0.4 is 4.90 Å². The zero-order chi connectivity index (χ0) is 18.1. The minimum Gasteiger partial charge on any atom is -0.268 e. The molecule has 0 saturated carbocycles. The summed E-state index contributed by atoms with van der Waals surface area (Å²) in [5.74, 6) is 0.279. The number of thioether (sulfide) groups is 1. The first-order valence-corrected chi connectivity index (χ1v) is 9.32. The van der Waals surface area contributed by atoms with Gasteiger partial charge < -0.3 is 0 Å². The minimum atomic E-state index is -0.239. The average Bonchev–Trinajstić information content (AvgIpc) is 2.80. The third kappa shape index (κ3) is 3.14. The predicted octanol–water partition coefficient (Wildman–Crippen LogP) is 4.65. The number of nitrogens with zero attached hydrogens (tertiary/aromatic N) is 1. The van der Waals surface area contributed by atoms with E-state index in [4.69, 9.17) is 0 Å². The van der Waals surface area contributed by atoms with Crippen LogP contribution in [0.4, 0.5) is 5.69 Å². The van der Waals surface area contributed by atoms with E-state index in [9.17, 15) is 9.59 Å². The van der Waals surface area contributed by atoms with Gasteiger partial charge in [-0.15, -0.1) is 11.8 Å². The number of rotatable bonds is 4. The van der Waals surface area contributed by atoms with E-state index in [1.807, 2.05) is 70.2 Å². The average molecular weight is 351 g/mol. The first-order valence-electron chi connectivity index (χ1n) is 8.34. The predicted molar refractivity (Wildman–Crippen MR) is 105 cm³/mol. The molecule has 0 N–H and O–H groups in total. The Morgan fingerprint density at radius 3 is 2.12 bits per heavy atom. The van der Waals surface area contributed by atoms with Gasteiger partial charge in [0.05, 0.1) is 16.2 Å². The zero-order valence-corrected chi connectivity index (χ0v) is 15.7. The monoisotopic (exact) mass is 351 g/mol. The molecule has 0 aliphatic carbocycles. The van der Waals surface area contributed by atoms with Crippen LogP contribution in [-0.2, 0) is 9.59 Å². The molecule has 0 aromatic heterocycles. The van der Waals surface area contributed by atoms with Crippen LogP contribution >= 0.6 is 11.8 Å². The van der Waals surface area contributed by atoms with E-state index >= 15 is 0 Å². The van der Waals surface area contributed by atoms with Crippen LogP contribution in [0.25, 0.3) is 5.57 Å². The van der Waals surface area contributed by atoms with E-state index in [0.29, 0.717) is 16.2 Å². The molecule has 2 amide bonds. The summed E-state index contributed by atoms with van der Waals surface area (Å²) in [7, 11) is 0. The second-order valence-electron chi connectivity index (χ2n) is 6.24. The SMILES string of the molecule is CCSC1=C(c2ccc(C)cc2)C(=O)N(c2ccc(C)cc2C)C1=O. The maximum atomic E-state index is 13.2. The largest absolute Gasteiger partial charge is 0.272 e. The fraction of sp³-hybridized carbons (Fsp3) is 0.238. The van der Waals surface area contributed by atoms with Crippen molar-refractivity contribution in [2.75, 3.05) is 10.7 Å². The van der Waals surface area contributed by atoms with Gasteiger partial charge in [-0.1, -0.05) is 54.4 Å². The second kappa shape index (κ2) is 6.89. The lowest BCUT2D eigenvalue weighted by molar-refractivity contribution is -0.119. The zero-order valence-electron chi connectivity index (χ0n) is 14.9. The molecule has 0 saturated heterocycles. The van der Waals surface area contributed by atoms with E-state index in [0.717, 1.165) is 28.0 Å². The Bertz CT molecular complexity index is 881. The summed E-state index contributed by atoms with van der Waals surface area (Å²) in [5.41, 5.74) is 5.13. The van der Waals surface area contributed by atoms with Crippen molar-refractivity contribution in [1.29, 1.82) is 0 Å². The number of carbonyl (C=O) groups is 2. The van der Waals surface area contributed by atoms with Gasteiger partial charge in [0.25, 0.3) is 11.8 Å². The van der Waals surface area contributed by atoms with Gasteiger partial charge in [0, 0.05) is 0 Å². The Kier molecular flexibility index (Phi) is 4.82. The molecule has 25 heavy (non-hydrogen) atoms. The Hall–Kier alpha value is -2.33. The van der Waals surface area contributed by atoms with Crippen LogP contribution in [0.5, 0.6) is 0 Å². The van der Waals surface area contributed by atoms with Crippen molar-refractivity contribution in [1.82, 2.24) is 0 Å². The highest BCUT2D eigenvalue weighted by Crippen LogP contribution is 2.39. The first-order chi connectivity index (χ1) is 11.9. The van der Waals surface area contributed by atoms with Crippen LogP contribution in [0.1, 0.15) is 29.2 Å². The quantitative estimate of drug-likeness (QED) is 0.753. The lowest BCUT2D eigenvalue weighted by Gasteiger charge is -2.18. The van der Waals surface area contributed by atoms with Gasteiger partial charge >= 0.3 is 0 Å². The third-order valence-corrected chi connectivity index (χ3v) is 5.22. The summed E-state index contributed by atoms with van der Waals surface area (Å²) in [5, 5.41) is 0. The molecule has 0 unspecified atom stereocenters. The van der Waals surface area contributed by atoms with Crippen LogP contribution in [0, 0.1) is 20.8 Å². The second-order valence-corrected chi connectivity index (χ2v) is 7.51. The fourth-order valence-electron chi connectivity index (χ4n) is 3.04. The van der Waals surface area contributed by atoms with Crippen molar-refractivity contribution in [3.63, 3.8) is 0 Å². The fourth-order valence-corrected chi connectivity index (χ4v) is 3.89. The van der Waals surface area contributed by atoms with E-state index in [2.05, 4.69) is 0 Å². The molecule has 1 aliphatic heterocycles. The van der Waals surface area contributed by atoms with Crippen molar-refractivity contribution < 1.29 is 9.59 Å². The highest BCUT2D eigenvalue weighted by Gasteiger charge is 2.40. The van der Waals surface area contributed by atoms with Crippen molar-refractivity contribution >= 4 is 34.8 Å². The lowest BCUT2D eigenvalue weighted by atomic mass is 10.0. The Morgan fingerprint density at radius 2 is 1.52 bits per heavy atom. The Labute approximate surface area is 152 Å². The molecule has 2 aromatic rings. The van der Waals surface area contributed by atoms with Crippen LogP contribution in [0.15, 0.2) is 47.4 Å². The maximum Gasteiger partial charge on any atom is 0.272 e. The molecule has 0 atom stereocenters. The normalized spacial score (nSPS) is 14.6. The highest BCUT2D eigenvalue weighted by atomic mass is 32.2. The number of anilines is 1. The van der Waals surface area contributed by atoms with Gasteiger partial charge in [-0.25, -0.2) is 4.90 Å². The summed E-state index contributed by atoms with van der Waals surface area (Å²) >= 11 is 1.43. The number of imide groups is 1. The van der Waals surface area contributed by atoms with E-state index in [-0.39, 0.29) is 11.8 Å². The molecule has 0 fully saturated rings. The number of aryl methyl sites for hydroxylation is 3. The summed E-state index contributed by atoms with van der Waals surface area (Å²) in [4.78, 5) is 28.0. The van der Waals surface area contributed by atoms with Gasteiger partial charge in [0.2, 0.25) is 0 Å². The van der Waals surface area contributed by atoms with Crippen LogP contribution in [0.2, 0.25) is 0 Å². The Balaban J connectivity index is 2.11. The molecule has 1 heterocycles. The van der Waals surface area contributed by atoms with E-state index < -0.39 is 0 Å². The smallest absolute Gasteiger partial charge is 0.268 e. The number of carbonyl (C=O) groups excluding carboxylic acids is 2. The van der Waals surface area contributed by atoms with Crippen molar-refractivity contribution in [3.05, 3.63) is 69.6 Å². The van der Waals surface area contributed by atoms with Crippen LogP contribution in [0.3, 0.4) is 0 Å². The van der Waals surface area contributed by atoms with Crippen molar-refractivity contribution in [2.45, 2.75) is 27.7 Å². The summed E-state index contributed by atoms with van der Waals surface area (Å²) in [6, 6.07) is 13.5. The lowest BCUT2D eigenvalue weighted by Crippen LogP contribution is -2.32. The third-order valence-electron chi connectivity index (χ3n) is 4.26. The molecule has 3 nitrogen and oxygen atoms in total. The molecule has 0 bridgehead atoms. The standard InChI is InChI=1S/C21H21NO2S/c1-5-25-19-18(16-9-6-13(2)7-10-16)20(23)22(21(19)24)17-11-8-14(3)12-15(17)4/h6-12H,5H2,1-4H3.